The van der Waals surface area contributed by atoms with Crippen LogP contribution in [0.2, 0.25) is 0 Å². The largest absolute Gasteiger partial charge is 0.393 e. The van der Waals surface area contributed by atoms with Crippen molar-refractivity contribution in [3.63, 3.8) is 0 Å². The smallest absolute Gasteiger partial charge is 0.135 e. The zero-order valence-electron chi connectivity index (χ0n) is 22.1. The maximum absolute atomic E-state index is 10.6. The summed E-state index contributed by atoms with van der Waals surface area (Å²) < 4.78 is 10.4. The van der Waals surface area contributed by atoms with Crippen molar-refractivity contribution in [2.75, 3.05) is 87.7 Å². The number of ketones is 1. The topological polar surface area (TPSA) is 77.5 Å². The van der Waals surface area contributed by atoms with Gasteiger partial charge in [0.15, 0.2) is 0 Å². The molecule has 2 N–H and O–H groups in total. The number of rotatable bonds is 2. The summed E-state index contributed by atoms with van der Waals surface area (Å²) in [6.07, 6.45) is 9.22. The summed E-state index contributed by atoms with van der Waals surface area (Å²) in [4.78, 5) is 17.3. The molecule has 33 heavy (non-hydrogen) atoms. The molecule has 0 aromatic rings. The van der Waals surface area contributed by atoms with E-state index in [1.54, 1.807) is 14.2 Å². The molecule has 4 rings (SSSR count). The molecule has 0 aromatic carbocycles. The number of hydrogen-bond donors (Lipinski definition) is 2. The van der Waals surface area contributed by atoms with Crippen LogP contribution in [0, 0.1) is 0 Å². The van der Waals surface area contributed by atoms with E-state index in [2.05, 4.69) is 34.1 Å². The third-order valence-corrected chi connectivity index (χ3v) is 6.85. The fourth-order valence-corrected chi connectivity index (χ4v) is 4.11. The van der Waals surface area contributed by atoms with Crippen molar-refractivity contribution >= 4 is 5.78 Å². The number of hydrogen-bond acceptors (Lipinski definition) is 8. The van der Waals surface area contributed by atoms with Crippen molar-refractivity contribution in [1.82, 2.24) is 20.0 Å². The van der Waals surface area contributed by atoms with Crippen LogP contribution >= 0.6 is 0 Å². The molecule has 0 spiro atoms. The Bertz CT molecular complexity index is 455. The summed E-state index contributed by atoms with van der Waals surface area (Å²) in [5.74, 6) is 0.420. The van der Waals surface area contributed by atoms with E-state index in [1.807, 2.05) is 7.05 Å². The number of nitrogens with one attached hydrogen (secondary N) is 1. The molecule has 196 valence electrons. The van der Waals surface area contributed by atoms with E-state index in [-0.39, 0.29) is 6.10 Å². The lowest BCUT2D eigenvalue weighted by Gasteiger charge is -2.27. The summed E-state index contributed by atoms with van der Waals surface area (Å²) >= 11 is 0. The van der Waals surface area contributed by atoms with Crippen molar-refractivity contribution < 1.29 is 19.4 Å². The first-order valence-electron chi connectivity index (χ1n) is 12.9. The summed E-state index contributed by atoms with van der Waals surface area (Å²) in [5.41, 5.74) is 0. The fraction of sp³-hybridized carbons (Fsp3) is 0.960. The first kappa shape index (κ1) is 30.4. The normalized spacial score (nSPS) is 24.6. The molecule has 4 aliphatic rings. The lowest BCUT2D eigenvalue weighted by atomic mass is 10.1. The van der Waals surface area contributed by atoms with Gasteiger partial charge < -0.3 is 34.6 Å². The molecule has 0 unspecified atom stereocenters. The monoisotopic (exact) mass is 472 g/mol. The predicted molar refractivity (Wildman–Crippen MR) is 135 cm³/mol. The number of aliphatic hydroxyl groups is 1. The van der Waals surface area contributed by atoms with Crippen LogP contribution in [0.5, 0.6) is 0 Å². The van der Waals surface area contributed by atoms with Crippen LogP contribution in [0.25, 0.3) is 0 Å². The molecule has 4 heterocycles. The Labute approximate surface area is 203 Å². The molecular formula is C25H52N4O4. The molecule has 0 bridgehead atoms. The number of likely N-dealkylation sites (tertiary alicyclic amines) is 3. The van der Waals surface area contributed by atoms with E-state index in [0.717, 1.165) is 65.0 Å². The lowest BCUT2D eigenvalue weighted by Crippen LogP contribution is -2.33. The van der Waals surface area contributed by atoms with Crippen molar-refractivity contribution in [3.05, 3.63) is 0 Å². The van der Waals surface area contributed by atoms with E-state index < -0.39 is 0 Å². The van der Waals surface area contributed by atoms with Gasteiger partial charge in [0.05, 0.1) is 18.3 Å². The predicted octanol–water partition coefficient (Wildman–Crippen LogP) is 1.47. The number of methoxy groups -OCH3 is 2. The minimum atomic E-state index is -0.0220. The average molecular weight is 473 g/mol. The molecule has 8 heteroatoms. The van der Waals surface area contributed by atoms with Gasteiger partial charge in [-0.1, -0.05) is 0 Å². The SMILES string of the molecule is CN1CCC(=O)CC1.CN1CCC(O)CC1.COC1CCN(C)CC1.COC1CCNCC1. The number of piperidine rings is 4. The third-order valence-electron chi connectivity index (χ3n) is 6.85. The van der Waals surface area contributed by atoms with Gasteiger partial charge in [0.25, 0.3) is 0 Å². The van der Waals surface area contributed by atoms with Gasteiger partial charge in [0.2, 0.25) is 0 Å². The van der Waals surface area contributed by atoms with Crippen molar-refractivity contribution in [2.24, 2.45) is 0 Å². The Hall–Kier alpha value is -0.610. The number of nitrogens with zero attached hydrogens (tertiary/aromatic N) is 3. The van der Waals surface area contributed by atoms with Gasteiger partial charge in [-0.2, -0.15) is 0 Å². The van der Waals surface area contributed by atoms with Gasteiger partial charge in [0.1, 0.15) is 5.78 Å². The van der Waals surface area contributed by atoms with E-state index in [4.69, 9.17) is 14.6 Å². The molecule has 4 fully saturated rings. The van der Waals surface area contributed by atoms with Crippen molar-refractivity contribution in [3.8, 4) is 0 Å². The minimum Gasteiger partial charge on any atom is -0.393 e. The minimum absolute atomic E-state index is 0.0220. The highest BCUT2D eigenvalue weighted by Crippen LogP contribution is 2.10. The van der Waals surface area contributed by atoms with Crippen LogP contribution in [0.3, 0.4) is 0 Å². The zero-order chi connectivity index (χ0) is 24.5. The van der Waals surface area contributed by atoms with E-state index in [9.17, 15) is 4.79 Å². The molecule has 4 saturated heterocycles. The average Bonchev–Trinajstić information content (AvgIpc) is 2.85. The molecule has 4 aliphatic heterocycles. The van der Waals surface area contributed by atoms with Crippen LogP contribution in [-0.2, 0) is 14.3 Å². The highest BCUT2D eigenvalue weighted by molar-refractivity contribution is 5.79. The number of Topliss-reactive ketones (excluding diaryl/α,β-unsaturated/α-hetero) is 1. The molecule has 0 atom stereocenters. The first-order chi connectivity index (χ1) is 15.8. The van der Waals surface area contributed by atoms with E-state index >= 15 is 0 Å². The summed E-state index contributed by atoms with van der Waals surface area (Å²) in [5, 5.41) is 12.3. The Balaban J connectivity index is 0.000000220. The van der Waals surface area contributed by atoms with Gasteiger partial charge in [-0.25, -0.2) is 0 Å². The highest BCUT2D eigenvalue weighted by atomic mass is 16.5. The summed E-state index contributed by atoms with van der Waals surface area (Å²) in [7, 11) is 9.89. The molecule has 0 aromatic heterocycles. The van der Waals surface area contributed by atoms with Crippen molar-refractivity contribution in [1.29, 1.82) is 0 Å². The molecular weight excluding hydrogens is 420 g/mol. The Morgan fingerprint density at radius 1 is 0.697 bits per heavy atom. The second kappa shape index (κ2) is 18.7. The van der Waals surface area contributed by atoms with Crippen LogP contribution in [-0.4, -0.2) is 132 Å². The molecule has 0 radical (unpaired) electrons. The number of ether oxygens (including phenoxy) is 2. The number of aliphatic hydroxyl groups excluding tert-OH is 1. The number of carbonyl (C=O) groups is 1. The standard InChI is InChI=1S/C7H15NO.2C6H13NO.C6H11NO/c1-8-5-3-7(9-2)4-6-8;1-8-6-2-4-7-5-3-6;2*1-7-4-2-6(8)3-5-7/h7H,3-6H2,1-2H3;6-7H,2-5H2,1H3;6,8H,2-5H2,1H3;2-5H2,1H3. The van der Waals surface area contributed by atoms with E-state index in [1.165, 1.54) is 38.8 Å². The van der Waals surface area contributed by atoms with Gasteiger partial charge in [-0.15, -0.1) is 0 Å². The van der Waals surface area contributed by atoms with Gasteiger partial charge in [-0.3, -0.25) is 4.79 Å². The summed E-state index contributed by atoms with van der Waals surface area (Å²) in [6, 6.07) is 0. The zero-order valence-corrected chi connectivity index (χ0v) is 22.1. The Morgan fingerprint density at radius 2 is 1.09 bits per heavy atom. The van der Waals surface area contributed by atoms with Gasteiger partial charge in [-0.05, 0) is 72.8 Å². The Morgan fingerprint density at radius 3 is 1.45 bits per heavy atom. The molecule has 0 saturated carbocycles. The molecule has 0 aliphatic carbocycles. The Kier molecular flexibility index (Phi) is 17.2. The fourth-order valence-electron chi connectivity index (χ4n) is 4.11. The van der Waals surface area contributed by atoms with Crippen LogP contribution in [0.4, 0.5) is 0 Å². The summed E-state index contributed by atoms with van der Waals surface area (Å²) in [6.45, 7) is 8.66. The lowest BCUT2D eigenvalue weighted by molar-refractivity contribution is -0.121. The molecule has 0 amide bonds. The third kappa shape index (κ3) is 15.8. The van der Waals surface area contributed by atoms with Crippen LogP contribution in [0.1, 0.15) is 51.4 Å². The van der Waals surface area contributed by atoms with Crippen LogP contribution in [0.15, 0.2) is 0 Å². The second-order valence-electron chi connectivity index (χ2n) is 9.80. The van der Waals surface area contributed by atoms with Gasteiger partial charge >= 0.3 is 0 Å². The van der Waals surface area contributed by atoms with Crippen molar-refractivity contribution in [2.45, 2.75) is 69.7 Å². The van der Waals surface area contributed by atoms with E-state index in [0.29, 0.717) is 18.0 Å². The van der Waals surface area contributed by atoms with Gasteiger partial charge in [0, 0.05) is 66.3 Å². The number of carbonyl (C=O) groups excluding carboxylic acids is 1. The maximum Gasteiger partial charge on any atom is 0.135 e. The second-order valence-corrected chi connectivity index (χ2v) is 9.80. The molecule has 8 nitrogen and oxygen atoms in total. The quantitative estimate of drug-likeness (QED) is 0.626. The highest BCUT2D eigenvalue weighted by Gasteiger charge is 2.15. The first-order valence-corrected chi connectivity index (χ1v) is 12.9. The van der Waals surface area contributed by atoms with Crippen LogP contribution < -0.4 is 5.32 Å². The maximum atomic E-state index is 10.6.